The third-order valence-electron chi connectivity index (χ3n) is 2.17. The normalized spacial score (nSPS) is 10.0. The summed E-state index contributed by atoms with van der Waals surface area (Å²) in [7, 11) is 0. The molecule has 9 heteroatoms. The molecular weight excluding hydrogens is 250 g/mol. The number of H-pyrrole nitrogens is 1. The first-order valence-corrected chi connectivity index (χ1v) is 5.35. The van der Waals surface area contributed by atoms with Gasteiger partial charge in [-0.05, 0) is 13.8 Å². The number of nitrogens with zero attached hydrogens (tertiary/aromatic N) is 4. The lowest BCUT2D eigenvalue weighted by molar-refractivity contribution is 0.0957. The number of rotatable bonds is 3. The predicted molar refractivity (Wildman–Crippen MR) is 65.2 cm³/mol. The highest BCUT2D eigenvalue weighted by molar-refractivity contribution is 5.92. The Morgan fingerprint density at radius 2 is 2.00 bits per heavy atom. The molecule has 3 N–H and O–H groups in total. The summed E-state index contributed by atoms with van der Waals surface area (Å²) in [6.07, 6.45) is 2.82. The third-order valence-corrected chi connectivity index (χ3v) is 2.17. The van der Waals surface area contributed by atoms with Crippen LogP contribution in [0.5, 0.6) is 0 Å². The maximum absolute atomic E-state index is 11.7. The molecule has 9 nitrogen and oxygen atoms in total. The van der Waals surface area contributed by atoms with Gasteiger partial charge >= 0.3 is 0 Å². The fourth-order valence-corrected chi connectivity index (χ4v) is 1.14. The molecule has 1 amide bonds. The van der Waals surface area contributed by atoms with Crippen molar-refractivity contribution >= 4 is 11.9 Å². The van der Waals surface area contributed by atoms with Crippen molar-refractivity contribution in [2.45, 2.75) is 13.8 Å². The fourth-order valence-electron chi connectivity index (χ4n) is 1.14. The van der Waals surface area contributed by atoms with Gasteiger partial charge in [0.15, 0.2) is 0 Å². The van der Waals surface area contributed by atoms with Crippen molar-refractivity contribution in [1.29, 1.82) is 0 Å². The van der Waals surface area contributed by atoms with Gasteiger partial charge in [0, 0.05) is 6.20 Å². The van der Waals surface area contributed by atoms with Crippen LogP contribution in [0.2, 0.25) is 0 Å². The molecule has 0 aliphatic carbocycles. The number of nitrogens with one attached hydrogen (secondary N) is 3. The summed E-state index contributed by atoms with van der Waals surface area (Å²) >= 11 is 0. The van der Waals surface area contributed by atoms with Gasteiger partial charge in [0.2, 0.25) is 5.95 Å². The molecule has 19 heavy (non-hydrogen) atoms. The maximum Gasteiger partial charge on any atom is 0.289 e. The summed E-state index contributed by atoms with van der Waals surface area (Å²) in [4.78, 5) is 33.2. The second kappa shape index (κ2) is 5.21. The molecule has 0 bridgehead atoms. The number of amides is 1. The van der Waals surface area contributed by atoms with Crippen molar-refractivity contribution < 1.29 is 4.79 Å². The zero-order chi connectivity index (χ0) is 13.8. The van der Waals surface area contributed by atoms with Gasteiger partial charge in [0.1, 0.15) is 11.4 Å². The Kier molecular flexibility index (Phi) is 3.46. The van der Waals surface area contributed by atoms with Crippen molar-refractivity contribution in [2.24, 2.45) is 0 Å². The Balaban J connectivity index is 2.02. The fraction of sp³-hybridized carbons (Fsp3) is 0.200. The van der Waals surface area contributed by atoms with E-state index in [4.69, 9.17) is 0 Å². The number of anilines is 1. The second-order valence-electron chi connectivity index (χ2n) is 3.71. The Morgan fingerprint density at radius 3 is 2.63 bits per heavy atom. The monoisotopic (exact) mass is 261 g/mol. The number of hydrogen-bond donors (Lipinski definition) is 3. The van der Waals surface area contributed by atoms with E-state index >= 15 is 0 Å². The van der Waals surface area contributed by atoms with Crippen molar-refractivity contribution in [3.05, 3.63) is 39.8 Å². The van der Waals surface area contributed by atoms with Crippen LogP contribution < -0.4 is 16.4 Å². The van der Waals surface area contributed by atoms with Gasteiger partial charge in [-0.15, -0.1) is 10.2 Å². The van der Waals surface area contributed by atoms with Gasteiger partial charge in [-0.2, -0.15) is 0 Å². The summed E-state index contributed by atoms with van der Waals surface area (Å²) in [5.74, 6) is -0.472. The van der Waals surface area contributed by atoms with E-state index in [1.54, 1.807) is 6.92 Å². The lowest BCUT2D eigenvalue weighted by atomic mass is 10.4. The molecule has 2 aromatic heterocycles. The van der Waals surface area contributed by atoms with Crippen molar-refractivity contribution in [3.63, 3.8) is 0 Å². The molecule has 98 valence electrons. The second-order valence-corrected chi connectivity index (χ2v) is 3.71. The van der Waals surface area contributed by atoms with Crippen LogP contribution in [0.4, 0.5) is 5.95 Å². The molecule has 2 rings (SSSR count). The first-order chi connectivity index (χ1) is 9.06. The van der Waals surface area contributed by atoms with E-state index < -0.39 is 5.91 Å². The van der Waals surface area contributed by atoms with E-state index in [0.717, 1.165) is 0 Å². The van der Waals surface area contributed by atoms with E-state index in [2.05, 4.69) is 36.0 Å². The van der Waals surface area contributed by atoms with E-state index in [1.807, 2.05) is 0 Å². The minimum Gasteiger partial charge on any atom is -0.288 e. The van der Waals surface area contributed by atoms with Crippen LogP contribution in [-0.4, -0.2) is 31.1 Å². The molecule has 0 aliphatic rings. The van der Waals surface area contributed by atoms with Gasteiger partial charge in [0.25, 0.3) is 11.5 Å². The largest absolute Gasteiger partial charge is 0.289 e. The average Bonchev–Trinajstić information content (AvgIpc) is 2.40. The summed E-state index contributed by atoms with van der Waals surface area (Å²) in [5, 5.41) is 7.26. The number of aromatic nitrogens is 5. The summed E-state index contributed by atoms with van der Waals surface area (Å²) in [5.41, 5.74) is 5.44. The predicted octanol–water partition coefficient (Wildman–Crippen LogP) is -0.671. The molecule has 0 fully saturated rings. The minimum absolute atomic E-state index is 0.0315. The standard InChI is InChI=1S/C10H11N7O2/c1-5-3-12-7(4-11-5)9(19)15-17-10-13-8(18)6(2)14-16-10/h3-4H,1-2H3,(H,15,19)(H2,13,16,17,18). The molecule has 0 saturated carbocycles. The first-order valence-electron chi connectivity index (χ1n) is 5.35. The van der Waals surface area contributed by atoms with Gasteiger partial charge in [-0.1, -0.05) is 0 Å². The van der Waals surface area contributed by atoms with Crippen LogP contribution in [-0.2, 0) is 0 Å². The summed E-state index contributed by atoms with van der Waals surface area (Å²) in [6, 6.07) is 0. The number of hydrogen-bond acceptors (Lipinski definition) is 7. The molecule has 0 atom stereocenters. The molecule has 0 aliphatic heterocycles. The van der Waals surface area contributed by atoms with Crippen LogP contribution in [0, 0.1) is 13.8 Å². The zero-order valence-electron chi connectivity index (χ0n) is 10.3. The van der Waals surface area contributed by atoms with Crippen molar-refractivity contribution in [1.82, 2.24) is 30.6 Å². The van der Waals surface area contributed by atoms with E-state index in [1.165, 1.54) is 19.3 Å². The average molecular weight is 261 g/mol. The van der Waals surface area contributed by atoms with E-state index in [0.29, 0.717) is 5.69 Å². The van der Waals surface area contributed by atoms with Gasteiger partial charge in [-0.25, -0.2) is 4.98 Å². The Labute approximate surface area is 107 Å². The zero-order valence-corrected chi connectivity index (χ0v) is 10.3. The molecule has 0 aromatic carbocycles. The Bertz CT molecular complexity index is 650. The maximum atomic E-state index is 11.7. The Morgan fingerprint density at radius 1 is 1.21 bits per heavy atom. The van der Waals surface area contributed by atoms with Crippen molar-refractivity contribution in [3.8, 4) is 0 Å². The minimum atomic E-state index is -0.504. The van der Waals surface area contributed by atoms with Crippen LogP contribution in [0.1, 0.15) is 21.9 Å². The van der Waals surface area contributed by atoms with Crippen LogP contribution in [0.25, 0.3) is 0 Å². The summed E-state index contributed by atoms with van der Waals surface area (Å²) in [6.45, 7) is 3.29. The first kappa shape index (κ1) is 12.6. The number of aryl methyl sites for hydroxylation is 2. The molecule has 0 radical (unpaired) electrons. The molecule has 0 unspecified atom stereocenters. The molecule has 0 spiro atoms. The molecule has 2 aromatic rings. The van der Waals surface area contributed by atoms with E-state index in [-0.39, 0.29) is 22.9 Å². The molecular formula is C10H11N7O2. The number of carbonyl (C=O) groups is 1. The number of aromatic amines is 1. The quantitative estimate of drug-likeness (QED) is 0.625. The lowest BCUT2D eigenvalue weighted by Gasteiger charge is -2.06. The third kappa shape index (κ3) is 3.09. The molecule has 0 saturated heterocycles. The lowest BCUT2D eigenvalue weighted by Crippen LogP contribution is -2.32. The van der Waals surface area contributed by atoms with Gasteiger partial charge in [0.05, 0.1) is 11.9 Å². The summed E-state index contributed by atoms with van der Waals surface area (Å²) < 4.78 is 0. The highest BCUT2D eigenvalue weighted by Gasteiger charge is 2.07. The van der Waals surface area contributed by atoms with Crippen molar-refractivity contribution in [2.75, 3.05) is 5.43 Å². The van der Waals surface area contributed by atoms with Gasteiger partial charge < -0.3 is 0 Å². The van der Waals surface area contributed by atoms with Crippen LogP contribution >= 0.6 is 0 Å². The highest BCUT2D eigenvalue weighted by atomic mass is 16.2. The Hall–Kier alpha value is -2.84. The van der Waals surface area contributed by atoms with Crippen LogP contribution in [0.15, 0.2) is 17.2 Å². The van der Waals surface area contributed by atoms with Crippen LogP contribution in [0.3, 0.4) is 0 Å². The highest BCUT2D eigenvalue weighted by Crippen LogP contribution is 1.94. The topological polar surface area (TPSA) is 126 Å². The van der Waals surface area contributed by atoms with Gasteiger partial charge in [-0.3, -0.25) is 30.4 Å². The SMILES string of the molecule is Cc1cnc(C(=O)NNc2nnc(C)c(=O)[nH]2)cn1. The van der Waals surface area contributed by atoms with E-state index in [9.17, 15) is 9.59 Å². The number of carbonyl (C=O) groups excluding carboxylic acids is 1. The molecule has 2 heterocycles. The number of hydrazine groups is 1. The smallest absolute Gasteiger partial charge is 0.288 e.